The number of carbonyl (C=O) groups excluding carboxylic acids is 1. The molecule has 0 saturated carbocycles. The maximum Gasteiger partial charge on any atom is 0.275 e. The monoisotopic (exact) mass is 247 g/mol. The summed E-state index contributed by atoms with van der Waals surface area (Å²) >= 11 is 1.47. The molecule has 0 fully saturated rings. The number of anilines is 1. The second kappa shape index (κ2) is 3.70. The highest BCUT2D eigenvalue weighted by molar-refractivity contribution is 7.15. The van der Waals surface area contributed by atoms with Crippen molar-refractivity contribution in [3.63, 3.8) is 0 Å². The Bertz CT molecular complexity index is 680. The van der Waals surface area contributed by atoms with Gasteiger partial charge in [0, 0.05) is 17.3 Å². The summed E-state index contributed by atoms with van der Waals surface area (Å²) in [4.78, 5) is 23.9. The lowest BCUT2D eigenvalue weighted by molar-refractivity contribution is 0.102. The van der Waals surface area contributed by atoms with Gasteiger partial charge in [0.25, 0.3) is 5.91 Å². The first-order valence-corrected chi connectivity index (χ1v) is 5.84. The van der Waals surface area contributed by atoms with Crippen LogP contribution in [0, 0.1) is 6.92 Å². The predicted molar refractivity (Wildman–Crippen MR) is 64.3 cm³/mol. The molecule has 0 aliphatic heterocycles. The molecule has 3 aromatic rings. The molecular formula is C10H9N5OS. The van der Waals surface area contributed by atoms with Gasteiger partial charge >= 0.3 is 0 Å². The van der Waals surface area contributed by atoms with Crippen molar-refractivity contribution in [3.8, 4) is 0 Å². The molecule has 3 aromatic heterocycles. The average Bonchev–Trinajstić information content (AvgIpc) is 2.93. The van der Waals surface area contributed by atoms with Crippen LogP contribution in [0.25, 0.3) is 4.83 Å². The fourth-order valence-corrected chi connectivity index (χ4v) is 2.37. The number of amides is 1. The number of imidazole rings is 2. The van der Waals surface area contributed by atoms with Crippen molar-refractivity contribution < 1.29 is 4.79 Å². The zero-order valence-corrected chi connectivity index (χ0v) is 9.78. The van der Waals surface area contributed by atoms with E-state index in [-0.39, 0.29) is 5.91 Å². The van der Waals surface area contributed by atoms with E-state index in [9.17, 15) is 4.79 Å². The van der Waals surface area contributed by atoms with Gasteiger partial charge in [0.05, 0.1) is 6.20 Å². The maximum atomic E-state index is 12.0. The molecule has 0 radical (unpaired) electrons. The fraction of sp³-hybridized carbons (Fsp3) is 0.100. The molecule has 0 spiro atoms. The quantitative estimate of drug-likeness (QED) is 0.723. The Hall–Kier alpha value is -2.15. The van der Waals surface area contributed by atoms with Crippen molar-refractivity contribution in [2.24, 2.45) is 0 Å². The molecule has 0 aromatic carbocycles. The summed E-state index contributed by atoms with van der Waals surface area (Å²) in [6.45, 7) is 1.88. The molecule has 0 aliphatic rings. The standard InChI is InChI=1S/C10H9N5OS/c1-6-2-12-10(13-6)14-9(16)7-4-17-8-3-11-5-15(7)8/h2-5H,1H3,(H2,12,13,14,16). The highest BCUT2D eigenvalue weighted by Crippen LogP contribution is 2.16. The highest BCUT2D eigenvalue weighted by atomic mass is 32.1. The minimum atomic E-state index is -0.205. The lowest BCUT2D eigenvalue weighted by Gasteiger charge is -1.99. The second-order valence-electron chi connectivity index (χ2n) is 3.59. The molecule has 0 atom stereocenters. The third-order valence-electron chi connectivity index (χ3n) is 2.32. The van der Waals surface area contributed by atoms with Crippen LogP contribution in [0.15, 0.2) is 24.1 Å². The van der Waals surface area contributed by atoms with Gasteiger partial charge < -0.3 is 4.98 Å². The fourth-order valence-electron chi connectivity index (χ4n) is 1.53. The molecule has 0 bridgehead atoms. The Morgan fingerprint density at radius 2 is 2.41 bits per heavy atom. The minimum Gasteiger partial charge on any atom is -0.328 e. The summed E-state index contributed by atoms with van der Waals surface area (Å²) in [5.74, 6) is 0.246. The van der Waals surface area contributed by atoms with E-state index < -0.39 is 0 Å². The number of nitrogens with zero attached hydrogens (tertiary/aromatic N) is 3. The van der Waals surface area contributed by atoms with Crippen LogP contribution < -0.4 is 5.32 Å². The Morgan fingerprint density at radius 1 is 1.53 bits per heavy atom. The van der Waals surface area contributed by atoms with E-state index in [0.717, 1.165) is 10.5 Å². The SMILES string of the molecule is Cc1cnc(NC(=O)c2csc3cncn23)[nH]1. The van der Waals surface area contributed by atoms with E-state index in [1.54, 1.807) is 28.5 Å². The number of aromatic amines is 1. The number of aryl methyl sites for hydroxylation is 1. The number of aromatic nitrogens is 4. The number of carbonyl (C=O) groups is 1. The number of H-pyrrole nitrogens is 1. The van der Waals surface area contributed by atoms with Crippen LogP contribution in [-0.2, 0) is 0 Å². The summed E-state index contributed by atoms with van der Waals surface area (Å²) < 4.78 is 1.75. The molecule has 0 unspecified atom stereocenters. The van der Waals surface area contributed by atoms with Gasteiger partial charge in [0.1, 0.15) is 16.9 Å². The third-order valence-corrected chi connectivity index (χ3v) is 3.21. The number of nitrogens with one attached hydrogen (secondary N) is 2. The molecular weight excluding hydrogens is 238 g/mol. The lowest BCUT2D eigenvalue weighted by atomic mass is 10.4. The van der Waals surface area contributed by atoms with Gasteiger partial charge in [-0.25, -0.2) is 9.97 Å². The van der Waals surface area contributed by atoms with Gasteiger partial charge in [-0.1, -0.05) is 0 Å². The second-order valence-corrected chi connectivity index (χ2v) is 4.48. The van der Waals surface area contributed by atoms with Crippen LogP contribution in [0.4, 0.5) is 5.95 Å². The summed E-state index contributed by atoms with van der Waals surface area (Å²) in [6, 6.07) is 0. The summed E-state index contributed by atoms with van der Waals surface area (Å²) in [5, 5.41) is 4.49. The van der Waals surface area contributed by atoms with Gasteiger partial charge in [-0.15, -0.1) is 11.3 Å². The van der Waals surface area contributed by atoms with E-state index in [4.69, 9.17) is 0 Å². The van der Waals surface area contributed by atoms with Gasteiger partial charge in [0.2, 0.25) is 5.95 Å². The van der Waals surface area contributed by atoms with Crippen molar-refractivity contribution >= 4 is 28.0 Å². The van der Waals surface area contributed by atoms with E-state index in [0.29, 0.717) is 11.6 Å². The molecule has 17 heavy (non-hydrogen) atoms. The van der Waals surface area contributed by atoms with E-state index >= 15 is 0 Å². The third kappa shape index (κ3) is 1.70. The van der Waals surface area contributed by atoms with E-state index in [1.807, 2.05) is 6.92 Å². The van der Waals surface area contributed by atoms with Gasteiger partial charge in [0.15, 0.2) is 0 Å². The zero-order valence-electron chi connectivity index (χ0n) is 8.97. The Balaban J connectivity index is 1.90. The zero-order chi connectivity index (χ0) is 11.8. The minimum absolute atomic E-state index is 0.205. The molecule has 3 heterocycles. The van der Waals surface area contributed by atoms with E-state index in [1.165, 1.54) is 11.3 Å². The summed E-state index contributed by atoms with van der Waals surface area (Å²) in [7, 11) is 0. The van der Waals surface area contributed by atoms with Crippen molar-refractivity contribution in [1.29, 1.82) is 0 Å². The van der Waals surface area contributed by atoms with Crippen LogP contribution in [0.1, 0.15) is 16.2 Å². The summed E-state index contributed by atoms with van der Waals surface area (Å²) in [6.07, 6.45) is 5.00. The molecule has 6 nitrogen and oxygen atoms in total. The smallest absolute Gasteiger partial charge is 0.275 e. The first kappa shape index (κ1) is 10.0. The van der Waals surface area contributed by atoms with Crippen LogP contribution >= 0.6 is 11.3 Å². The summed E-state index contributed by atoms with van der Waals surface area (Å²) in [5.41, 5.74) is 1.45. The van der Waals surface area contributed by atoms with Crippen LogP contribution in [-0.4, -0.2) is 25.3 Å². The normalized spacial score (nSPS) is 10.9. The van der Waals surface area contributed by atoms with Gasteiger partial charge in [-0.05, 0) is 6.92 Å². The molecule has 1 amide bonds. The van der Waals surface area contributed by atoms with Crippen molar-refractivity contribution in [2.75, 3.05) is 5.32 Å². The molecule has 0 aliphatic carbocycles. The van der Waals surface area contributed by atoms with Gasteiger partial charge in [-0.2, -0.15) is 0 Å². The van der Waals surface area contributed by atoms with Crippen LogP contribution in [0.5, 0.6) is 0 Å². The molecule has 7 heteroatoms. The molecule has 0 saturated heterocycles. The average molecular weight is 247 g/mol. The molecule has 86 valence electrons. The van der Waals surface area contributed by atoms with Crippen LogP contribution in [0.3, 0.4) is 0 Å². The number of rotatable bonds is 2. The lowest BCUT2D eigenvalue weighted by Crippen LogP contribution is -2.14. The molecule has 2 N–H and O–H groups in total. The van der Waals surface area contributed by atoms with Crippen molar-refractivity contribution in [1.82, 2.24) is 19.4 Å². The number of hydrogen-bond acceptors (Lipinski definition) is 4. The maximum absolute atomic E-state index is 12.0. The Morgan fingerprint density at radius 3 is 3.18 bits per heavy atom. The predicted octanol–water partition coefficient (Wildman–Crippen LogP) is 1.68. The number of fused-ring (bicyclic) bond motifs is 1. The number of hydrogen-bond donors (Lipinski definition) is 2. The highest BCUT2D eigenvalue weighted by Gasteiger charge is 2.13. The largest absolute Gasteiger partial charge is 0.328 e. The van der Waals surface area contributed by atoms with E-state index in [2.05, 4.69) is 20.3 Å². The topological polar surface area (TPSA) is 75.1 Å². The molecule has 3 rings (SSSR count). The van der Waals surface area contributed by atoms with Crippen molar-refractivity contribution in [3.05, 3.63) is 35.5 Å². The number of thiazole rings is 1. The van der Waals surface area contributed by atoms with Gasteiger partial charge in [-0.3, -0.25) is 14.5 Å². The first-order valence-electron chi connectivity index (χ1n) is 4.96. The van der Waals surface area contributed by atoms with Crippen LogP contribution in [0.2, 0.25) is 0 Å². The first-order chi connectivity index (χ1) is 8.24. The Kier molecular flexibility index (Phi) is 2.19. The Labute approximate surface area is 100 Å². The van der Waals surface area contributed by atoms with Crippen molar-refractivity contribution in [2.45, 2.75) is 6.92 Å².